The van der Waals surface area contributed by atoms with Gasteiger partial charge in [0.1, 0.15) is 5.75 Å². The Hall–Kier alpha value is -3.17. The Balaban J connectivity index is 2.00. The van der Waals surface area contributed by atoms with Crippen molar-refractivity contribution in [1.82, 2.24) is 0 Å². The lowest BCUT2D eigenvalue weighted by Gasteiger charge is -2.10. The molecule has 0 saturated carbocycles. The molecule has 2 rings (SSSR count). The van der Waals surface area contributed by atoms with Gasteiger partial charge >= 0.3 is 0 Å². The summed E-state index contributed by atoms with van der Waals surface area (Å²) in [6.07, 6.45) is 4.13. The number of carbonyl (C=O) groups is 1. The monoisotopic (exact) mass is 400 g/mol. The molecular formula is C21H21ClN2O4. The van der Waals surface area contributed by atoms with E-state index in [1.165, 1.54) is 20.3 Å². The zero-order valence-electron chi connectivity index (χ0n) is 15.7. The van der Waals surface area contributed by atoms with Crippen LogP contribution in [-0.2, 0) is 4.79 Å². The van der Waals surface area contributed by atoms with E-state index in [1.807, 2.05) is 0 Å². The molecule has 0 aromatic heterocycles. The van der Waals surface area contributed by atoms with Crippen molar-refractivity contribution in [3.63, 3.8) is 0 Å². The molecule has 2 aromatic rings. The Morgan fingerprint density at radius 1 is 1.25 bits per heavy atom. The van der Waals surface area contributed by atoms with Gasteiger partial charge in [0.15, 0.2) is 11.5 Å². The normalized spacial score (nSPS) is 10.4. The number of unbranched alkanes of at least 4 members (excludes halogenated alkanes) is 1. The molecule has 146 valence electrons. The molecule has 0 saturated heterocycles. The molecule has 0 bridgehead atoms. The minimum atomic E-state index is -0.299. The second kappa shape index (κ2) is 10.9. The first-order chi connectivity index (χ1) is 13.6. The van der Waals surface area contributed by atoms with Crippen LogP contribution in [0.4, 0.5) is 5.69 Å². The van der Waals surface area contributed by atoms with Crippen LogP contribution in [0.15, 0.2) is 42.5 Å². The highest BCUT2D eigenvalue weighted by molar-refractivity contribution is 6.32. The number of anilines is 1. The molecule has 6 nitrogen and oxygen atoms in total. The third-order valence-electron chi connectivity index (χ3n) is 3.69. The predicted octanol–water partition coefficient (Wildman–Crippen LogP) is 4.69. The molecule has 0 spiro atoms. The molecule has 0 heterocycles. The SMILES string of the molecule is COc1cc(/C=C/C(=O)Nc2cccc(OCCCC#N)c2)cc(Cl)c1OC. The molecule has 0 atom stereocenters. The van der Waals surface area contributed by atoms with Crippen LogP contribution in [0.5, 0.6) is 17.2 Å². The Kier molecular flexibility index (Phi) is 8.19. The smallest absolute Gasteiger partial charge is 0.248 e. The molecule has 0 unspecified atom stereocenters. The maximum atomic E-state index is 12.2. The summed E-state index contributed by atoms with van der Waals surface area (Å²) in [5.74, 6) is 1.26. The second-order valence-corrected chi connectivity index (χ2v) is 6.11. The largest absolute Gasteiger partial charge is 0.493 e. The average molecular weight is 401 g/mol. The number of carbonyl (C=O) groups excluding carboxylic acids is 1. The van der Waals surface area contributed by atoms with Gasteiger partial charge in [-0.1, -0.05) is 17.7 Å². The molecule has 0 aliphatic rings. The van der Waals surface area contributed by atoms with Gasteiger partial charge < -0.3 is 19.5 Å². The number of benzene rings is 2. The van der Waals surface area contributed by atoms with Gasteiger partial charge in [-0.05, 0) is 42.3 Å². The molecule has 1 amide bonds. The van der Waals surface area contributed by atoms with Gasteiger partial charge in [0.25, 0.3) is 0 Å². The fourth-order valence-corrected chi connectivity index (χ4v) is 2.69. The van der Waals surface area contributed by atoms with Crippen molar-refractivity contribution in [2.75, 3.05) is 26.1 Å². The van der Waals surface area contributed by atoms with Gasteiger partial charge in [-0.25, -0.2) is 0 Å². The molecule has 0 aliphatic heterocycles. The van der Waals surface area contributed by atoms with Crippen molar-refractivity contribution >= 4 is 29.3 Å². The highest BCUT2D eigenvalue weighted by Crippen LogP contribution is 2.36. The number of ether oxygens (including phenoxy) is 3. The van der Waals surface area contributed by atoms with Crippen molar-refractivity contribution in [2.24, 2.45) is 0 Å². The van der Waals surface area contributed by atoms with Crippen LogP contribution in [-0.4, -0.2) is 26.7 Å². The van der Waals surface area contributed by atoms with Crippen molar-refractivity contribution in [3.05, 3.63) is 53.1 Å². The van der Waals surface area contributed by atoms with Gasteiger partial charge in [0, 0.05) is 24.3 Å². The predicted molar refractivity (Wildman–Crippen MR) is 109 cm³/mol. The lowest BCUT2D eigenvalue weighted by atomic mass is 10.2. The summed E-state index contributed by atoms with van der Waals surface area (Å²) in [4.78, 5) is 12.2. The van der Waals surface area contributed by atoms with E-state index in [9.17, 15) is 4.79 Å². The van der Waals surface area contributed by atoms with E-state index in [1.54, 1.807) is 42.5 Å². The first kappa shape index (κ1) is 21.1. The number of rotatable bonds is 9. The lowest BCUT2D eigenvalue weighted by Crippen LogP contribution is -2.08. The van der Waals surface area contributed by atoms with E-state index in [2.05, 4.69) is 11.4 Å². The quantitative estimate of drug-likeness (QED) is 0.487. The number of nitriles is 1. The third kappa shape index (κ3) is 6.22. The summed E-state index contributed by atoms with van der Waals surface area (Å²) in [5.41, 5.74) is 1.31. The van der Waals surface area contributed by atoms with Crippen LogP contribution in [0, 0.1) is 11.3 Å². The summed E-state index contributed by atoms with van der Waals surface area (Å²) in [6.45, 7) is 0.449. The summed E-state index contributed by atoms with van der Waals surface area (Å²) in [5, 5.41) is 11.7. The summed E-state index contributed by atoms with van der Waals surface area (Å²) >= 11 is 6.17. The average Bonchev–Trinajstić information content (AvgIpc) is 2.69. The standard InChI is InChI=1S/C21H21ClN2O4/c1-26-19-13-15(12-18(22)21(19)27-2)8-9-20(25)24-16-6-5-7-17(14-16)28-11-4-3-10-23/h5-9,12-14H,3-4,11H2,1-2H3,(H,24,25)/b9-8+. The summed E-state index contributed by atoms with van der Waals surface area (Å²) < 4.78 is 16.0. The van der Waals surface area contributed by atoms with Gasteiger partial charge in [-0.15, -0.1) is 0 Å². The van der Waals surface area contributed by atoms with E-state index < -0.39 is 0 Å². The van der Waals surface area contributed by atoms with Crippen molar-refractivity contribution in [3.8, 4) is 23.3 Å². The van der Waals surface area contributed by atoms with Crippen molar-refractivity contribution in [1.29, 1.82) is 5.26 Å². The Morgan fingerprint density at radius 3 is 2.79 bits per heavy atom. The van der Waals surface area contributed by atoms with E-state index in [0.717, 1.165) is 0 Å². The molecule has 7 heteroatoms. The van der Waals surface area contributed by atoms with Gasteiger partial charge in [0.05, 0.1) is 31.9 Å². The zero-order valence-corrected chi connectivity index (χ0v) is 16.5. The van der Waals surface area contributed by atoms with Crippen molar-refractivity contribution in [2.45, 2.75) is 12.8 Å². The number of halogens is 1. The number of hydrogen-bond donors (Lipinski definition) is 1. The molecule has 0 aliphatic carbocycles. The van der Waals surface area contributed by atoms with Crippen LogP contribution >= 0.6 is 11.6 Å². The summed E-state index contributed by atoms with van der Waals surface area (Å²) in [6, 6.07) is 12.6. The topological polar surface area (TPSA) is 80.6 Å². The Morgan fingerprint density at radius 2 is 2.07 bits per heavy atom. The van der Waals surface area contributed by atoms with Gasteiger partial charge in [-0.2, -0.15) is 5.26 Å². The minimum absolute atomic E-state index is 0.299. The number of methoxy groups -OCH3 is 2. The van der Waals surface area contributed by atoms with Gasteiger partial charge in [0.2, 0.25) is 5.91 Å². The highest BCUT2D eigenvalue weighted by Gasteiger charge is 2.10. The molecule has 28 heavy (non-hydrogen) atoms. The third-order valence-corrected chi connectivity index (χ3v) is 3.97. The molecule has 1 N–H and O–H groups in total. The Bertz CT molecular complexity index is 890. The number of amides is 1. The summed E-state index contributed by atoms with van der Waals surface area (Å²) in [7, 11) is 3.03. The number of hydrogen-bond acceptors (Lipinski definition) is 5. The fourth-order valence-electron chi connectivity index (χ4n) is 2.39. The van der Waals surface area contributed by atoms with Crippen LogP contribution in [0.3, 0.4) is 0 Å². The molecule has 0 radical (unpaired) electrons. The van der Waals surface area contributed by atoms with E-state index >= 15 is 0 Å². The van der Waals surface area contributed by atoms with Crippen LogP contribution < -0.4 is 19.5 Å². The maximum absolute atomic E-state index is 12.2. The minimum Gasteiger partial charge on any atom is -0.493 e. The van der Waals surface area contributed by atoms with Crippen molar-refractivity contribution < 1.29 is 19.0 Å². The molecular weight excluding hydrogens is 380 g/mol. The van der Waals surface area contributed by atoms with E-state index in [0.29, 0.717) is 53.0 Å². The van der Waals surface area contributed by atoms with Crippen LogP contribution in [0.1, 0.15) is 18.4 Å². The lowest BCUT2D eigenvalue weighted by molar-refractivity contribution is -0.111. The first-order valence-electron chi connectivity index (χ1n) is 8.57. The maximum Gasteiger partial charge on any atom is 0.248 e. The number of nitrogens with one attached hydrogen (secondary N) is 1. The number of nitrogens with zero attached hydrogens (tertiary/aromatic N) is 1. The first-order valence-corrected chi connectivity index (χ1v) is 8.95. The Labute approximate surface area is 169 Å². The zero-order chi connectivity index (χ0) is 20.4. The highest BCUT2D eigenvalue weighted by atomic mass is 35.5. The second-order valence-electron chi connectivity index (χ2n) is 5.70. The molecule has 0 fully saturated rings. The molecule has 2 aromatic carbocycles. The van der Waals surface area contributed by atoms with E-state index in [4.69, 9.17) is 31.1 Å². The fraction of sp³-hybridized carbons (Fsp3) is 0.238. The van der Waals surface area contributed by atoms with Crippen LogP contribution in [0.25, 0.3) is 6.08 Å². The van der Waals surface area contributed by atoms with E-state index in [-0.39, 0.29) is 5.91 Å². The van der Waals surface area contributed by atoms with Gasteiger partial charge in [-0.3, -0.25) is 4.79 Å². The van der Waals surface area contributed by atoms with Crippen LogP contribution in [0.2, 0.25) is 5.02 Å².